The quantitative estimate of drug-likeness (QED) is 0.715. The molecule has 0 spiro atoms. The minimum atomic E-state index is -3.44. The summed E-state index contributed by atoms with van der Waals surface area (Å²) >= 11 is 0. The lowest BCUT2D eigenvalue weighted by Gasteiger charge is -2.31. The Labute approximate surface area is 109 Å². The van der Waals surface area contributed by atoms with Crippen LogP contribution in [0.3, 0.4) is 0 Å². The van der Waals surface area contributed by atoms with Gasteiger partial charge < -0.3 is 9.84 Å². The van der Waals surface area contributed by atoms with Crippen molar-refractivity contribution in [3.63, 3.8) is 0 Å². The fourth-order valence-electron chi connectivity index (χ4n) is 1.76. The Balaban J connectivity index is 2.50. The normalized spacial score (nSPS) is 20.2. The highest BCUT2D eigenvalue weighted by molar-refractivity contribution is 7.87. The summed E-state index contributed by atoms with van der Waals surface area (Å²) in [5, 5.41) is 9.02. The van der Waals surface area contributed by atoms with Gasteiger partial charge in [0, 0.05) is 33.4 Å². The van der Waals surface area contributed by atoms with Gasteiger partial charge in [-0.15, -0.1) is 0 Å². The summed E-state index contributed by atoms with van der Waals surface area (Å²) in [4.78, 5) is 0. The zero-order valence-electron chi connectivity index (χ0n) is 11.3. The van der Waals surface area contributed by atoms with Crippen LogP contribution < -0.4 is 4.72 Å². The predicted octanol–water partition coefficient (Wildman–Crippen LogP) is -0.0499. The molecule has 1 rings (SSSR count). The number of piperidine rings is 1. The van der Waals surface area contributed by atoms with Gasteiger partial charge in [-0.3, -0.25) is 0 Å². The maximum atomic E-state index is 12.0. The van der Waals surface area contributed by atoms with Crippen molar-refractivity contribution >= 4 is 10.2 Å². The topological polar surface area (TPSA) is 78.9 Å². The molecule has 0 aromatic rings. The zero-order valence-corrected chi connectivity index (χ0v) is 12.2. The van der Waals surface area contributed by atoms with Crippen LogP contribution in [0.1, 0.15) is 26.7 Å². The van der Waals surface area contributed by atoms with Gasteiger partial charge in [-0.25, -0.2) is 0 Å². The number of methoxy groups -OCH3 is 1. The molecule has 0 unspecified atom stereocenters. The van der Waals surface area contributed by atoms with Crippen molar-refractivity contribution in [1.82, 2.24) is 9.03 Å². The van der Waals surface area contributed by atoms with Gasteiger partial charge in [0.05, 0.1) is 5.60 Å². The van der Waals surface area contributed by atoms with E-state index >= 15 is 0 Å². The van der Waals surface area contributed by atoms with Crippen molar-refractivity contribution in [1.29, 1.82) is 0 Å². The molecular weight excluding hydrogens is 256 g/mol. The maximum Gasteiger partial charge on any atom is 0.279 e. The summed E-state index contributed by atoms with van der Waals surface area (Å²) in [5.74, 6) is 0.229. The maximum absolute atomic E-state index is 12.0. The Kier molecular flexibility index (Phi) is 5.54. The predicted molar refractivity (Wildman–Crippen MR) is 69.4 cm³/mol. The van der Waals surface area contributed by atoms with Crippen LogP contribution in [0.4, 0.5) is 0 Å². The smallest absolute Gasteiger partial charge is 0.279 e. The van der Waals surface area contributed by atoms with Crippen molar-refractivity contribution in [3.05, 3.63) is 0 Å². The van der Waals surface area contributed by atoms with Gasteiger partial charge in [0.15, 0.2) is 0 Å². The number of aliphatic hydroxyl groups is 1. The molecule has 2 N–H and O–H groups in total. The van der Waals surface area contributed by atoms with Crippen LogP contribution in [0.2, 0.25) is 0 Å². The SMILES string of the molecule is COC(C)(C)CNS(=O)(=O)N1CCC(CO)CC1. The molecular formula is C11H24N2O4S. The molecule has 6 nitrogen and oxygen atoms in total. The second kappa shape index (κ2) is 6.29. The van der Waals surface area contributed by atoms with Crippen molar-refractivity contribution in [2.75, 3.05) is 33.4 Å². The Morgan fingerprint density at radius 3 is 2.39 bits per heavy atom. The number of aliphatic hydroxyl groups excluding tert-OH is 1. The first-order valence-electron chi connectivity index (χ1n) is 6.21. The zero-order chi connectivity index (χ0) is 13.8. The number of nitrogens with zero attached hydrogens (tertiary/aromatic N) is 1. The Morgan fingerprint density at radius 2 is 1.94 bits per heavy atom. The van der Waals surface area contributed by atoms with Crippen LogP contribution in [0.25, 0.3) is 0 Å². The van der Waals surface area contributed by atoms with E-state index < -0.39 is 15.8 Å². The van der Waals surface area contributed by atoms with Crippen molar-refractivity contribution < 1.29 is 18.3 Å². The molecule has 0 aromatic carbocycles. The molecule has 18 heavy (non-hydrogen) atoms. The third-order valence-electron chi connectivity index (χ3n) is 3.40. The van der Waals surface area contributed by atoms with Gasteiger partial charge in [0.25, 0.3) is 10.2 Å². The summed E-state index contributed by atoms with van der Waals surface area (Å²) in [5.41, 5.74) is -0.517. The third-order valence-corrected chi connectivity index (χ3v) is 4.96. The van der Waals surface area contributed by atoms with Crippen LogP contribution in [-0.4, -0.2) is 56.8 Å². The molecule has 1 aliphatic heterocycles. The molecule has 1 heterocycles. The van der Waals surface area contributed by atoms with Crippen LogP contribution in [-0.2, 0) is 14.9 Å². The summed E-state index contributed by atoms with van der Waals surface area (Å²) in [6.07, 6.45) is 1.43. The Hall–Kier alpha value is -0.210. The molecule has 7 heteroatoms. The van der Waals surface area contributed by atoms with E-state index in [4.69, 9.17) is 9.84 Å². The average Bonchev–Trinajstić information content (AvgIpc) is 2.37. The van der Waals surface area contributed by atoms with E-state index in [9.17, 15) is 8.42 Å². The summed E-state index contributed by atoms with van der Waals surface area (Å²) < 4.78 is 33.3. The van der Waals surface area contributed by atoms with Crippen LogP contribution in [0.15, 0.2) is 0 Å². The molecule has 1 fully saturated rings. The van der Waals surface area contributed by atoms with E-state index in [0.717, 1.165) is 0 Å². The second-order valence-electron chi connectivity index (χ2n) is 5.31. The molecule has 0 aromatic heterocycles. The van der Waals surface area contributed by atoms with E-state index in [1.165, 1.54) is 4.31 Å². The molecule has 0 saturated carbocycles. The minimum Gasteiger partial charge on any atom is -0.396 e. The van der Waals surface area contributed by atoms with E-state index in [-0.39, 0.29) is 19.1 Å². The monoisotopic (exact) mass is 280 g/mol. The summed E-state index contributed by atoms with van der Waals surface area (Å²) in [6, 6.07) is 0. The highest BCUT2D eigenvalue weighted by atomic mass is 32.2. The Morgan fingerprint density at radius 1 is 1.39 bits per heavy atom. The van der Waals surface area contributed by atoms with E-state index in [2.05, 4.69) is 4.72 Å². The van der Waals surface area contributed by atoms with Gasteiger partial charge in [-0.05, 0) is 32.6 Å². The molecule has 0 radical (unpaired) electrons. The largest absolute Gasteiger partial charge is 0.396 e. The number of ether oxygens (including phenoxy) is 1. The highest BCUT2D eigenvalue weighted by Crippen LogP contribution is 2.18. The number of hydrogen-bond acceptors (Lipinski definition) is 4. The molecule has 0 aliphatic carbocycles. The molecule has 0 atom stereocenters. The van der Waals surface area contributed by atoms with Gasteiger partial charge in [0.2, 0.25) is 0 Å². The van der Waals surface area contributed by atoms with Crippen LogP contribution in [0, 0.1) is 5.92 Å². The van der Waals surface area contributed by atoms with Crippen molar-refractivity contribution in [2.24, 2.45) is 5.92 Å². The fraction of sp³-hybridized carbons (Fsp3) is 1.00. The highest BCUT2D eigenvalue weighted by Gasteiger charge is 2.29. The fourth-order valence-corrected chi connectivity index (χ4v) is 3.16. The van der Waals surface area contributed by atoms with Gasteiger partial charge in [0.1, 0.15) is 0 Å². The lowest BCUT2D eigenvalue weighted by atomic mass is 10.00. The van der Waals surface area contributed by atoms with E-state index in [1.54, 1.807) is 7.11 Å². The summed E-state index contributed by atoms with van der Waals surface area (Å²) in [7, 11) is -1.88. The van der Waals surface area contributed by atoms with Gasteiger partial charge >= 0.3 is 0 Å². The van der Waals surface area contributed by atoms with Crippen molar-refractivity contribution in [2.45, 2.75) is 32.3 Å². The number of nitrogens with one attached hydrogen (secondary N) is 1. The van der Waals surface area contributed by atoms with Gasteiger partial charge in [-0.2, -0.15) is 17.4 Å². The van der Waals surface area contributed by atoms with Gasteiger partial charge in [-0.1, -0.05) is 0 Å². The average molecular weight is 280 g/mol. The molecule has 0 bridgehead atoms. The molecule has 108 valence electrons. The number of rotatable bonds is 6. The van der Waals surface area contributed by atoms with E-state index in [1.807, 2.05) is 13.8 Å². The minimum absolute atomic E-state index is 0.137. The first-order valence-corrected chi connectivity index (χ1v) is 7.65. The van der Waals surface area contributed by atoms with Crippen LogP contribution >= 0.6 is 0 Å². The summed E-state index contributed by atoms with van der Waals surface area (Å²) in [6.45, 7) is 4.97. The Bertz CT molecular complexity index is 348. The third kappa shape index (κ3) is 4.47. The first kappa shape index (κ1) is 15.8. The standard InChI is InChI=1S/C11H24N2O4S/c1-11(2,17-3)9-12-18(15,16)13-6-4-10(8-14)5-7-13/h10,12,14H,4-9H2,1-3H3. The second-order valence-corrected chi connectivity index (χ2v) is 7.07. The molecule has 1 saturated heterocycles. The van der Waals surface area contributed by atoms with E-state index in [0.29, 0.717) is 25.9 Å². The van der Waals surface area contributed by atoms with Crippen LogP contribution in [0.5, 0.6) is 0 Å². The number of hydrogen-bond donors (Lipinski definition) is 2. The lowest BCUT2D eigenvalue weighted by Crippen LogP contribution is -2.49. The molecule has 0 amide bonds. The van der Waals surface area contributed by atoms with Crippen molar-refractivity contribution in [3.8, 4) is 0 Å². The molecule has 1 aliphatic rings. The first-order chi connectivity index (χ1) is 8.30. The lowest BCUT2D eigenvalue weighted by molar-refractivity contribution is 0.0272.